The summed E-state index contributed by atoms with van der Waals surface area (Å²) >= 11 is 0. The second kappa shape index (κ2) is 10.1. The standard InChI is InChI=1S/C29H31F2N3/c1-33-29(19-28(32-33)23-9-13-25(31)14-10-23)26-16-18-34(17-15-21-5-3-2-4-6-21)20-27(26)22-7-11-24(30)12-8-22/h2-14,26-27,29H,15-20H2,1H3/t26-,27+,29?/m1/s1. The molecule has 5 rings (SSSR count). The molecule has 0 aromatic heterocycles. The maximum atomic E-state index is 13.7. The van der Waals surface area contributed by atoms with E-state index in [1.807, 2.05) is 31.3 Å². The van der Waals surface area contributed by atoms with Crippen molar-refractivity contribution in [2.45, 2.75) is 31.2 Å². The van der Waals surface area contributed by atoms with Gasteiger partial charge in [0.25, 0.3) is 0 Å². The van der Waals surface area contributed by atoms with Gasteiger partial charge in [-0.15, -0.1) is 0 Å². The number of halogens is 2. The summed E-state index contributed by atoms with van der Waals surface area (Å²) in [5.74, 6) is 0.286. The molecule has 0 aliphatic carbocycles. The Bertz CT molecular complexity index is 1110. The lowest BCUT2D eigenvalue weighted by Gasteiger charge is -2.43. The quantitative estimate of drug-likeness (QED) is 0.469. The molecule has 34 heavy (non-hydrogen) atoms. The van der Waals surface area contributed by atoms with Crippen LogP contribution < -0.4 is 0 Å². The average Bonchev–Trinajstić information content (AvgIpc) is 3.25. The molecule has 0 radical (unpaired) electrons. The first kappa shape index (κ1) is 22.7. The molecule has 1 fully saturated rings. The first-order chi connectivity index (χ1) is 16.6. The lowest BCUT2D eigenvalue weighted by Crippen LogP contribution is -2.46. The Balaban J connectivity index is 1.33. The van der Waals surface area contributed by atoms with Crippen LogP contribution in [-0.2, 0) is 6.42 Å². The Morgan fingerprint density at radius 2 is 1.56 bits per heavy atom. The van der Waals surface area contributed by atoms with Crippen LogP contribution in [0, 0.1) is 17.6 Å². The van der Waals surface area contributed by atoms with E-state index in [1.54, 1.807) is 12.1 Å². The minimum atomic E-state index is -0.230. The van der Waals surface area contributed by atoms with Crippen LogP contribution >= 0.6 is 0 Å². The first-order valence-corrected chi connectivity index (χ1v) is 12.1. The van der Waals surface area contributed by atoms with Crippen LogP contribution in [-0.4, -0.2) is 48.3 Å². The van der Waals surface area contributed by atoms with E-state index in [0.717, 1.165) is 50.2 Å². The molecule has 2 heterocycles. The monoisotopic (exact) mass is 459 g/mol. The van der Waals surface area contributed by atoms with Gasteiger partial charge in [-0.1, -0.05) is 54.6 Å². The van der Waals surface area contributed by atoms with Gasteiger partial charge in [0.2, 0.25) is 0 Å². The average molecular weight is 460 g/mol. The zero-order chi connectivity index (χ0) is 23.5. The van der Waals surface area contributed by atoms with Crippen LogP contribution in [0.5, 0.6) is 0 Å². The fraction of sp³-hybridized carbons (Fsp3) is 0.345. The maximum Gasteiger partial charge on any atom is 0.123 e. The summed E-state index contributed by atoms with van der Waals surface area (Å²) in [7, 11) is 2.05. The summed E-state index contributed by atoms with van der Waals surface area (Å²) in [6.45, 7) is 3.02. The normalized spacial score (nSPS) is 23.2. The fourth-order valence-electron chi connectivity index (χ4n) is 5.58. The Morgan fingerprint density at radius 3 is 2.26 bits per heavy atom. The summed E-state index contributed by atoms with van der Waals surface area (Å²) in [6, 6.07) is 24.6. The molecule has 3 aromatic rings. The number of hydrogen-bond acceptors (Lipinski definition) is 3. The van der Waals surface area contributed by atoms with Crippen molar-refractivity contribution in [2.75, 3.05) is 26.7 Å². The summed E-state index contributed by atoms with van der Waals surface area (Å²) in [6.07, 6.45) is 2.94. The van der Waals surface area contributed by atoms with Gasteiger partial charge in [0.05, 0.1) is 11.8 Å². The predicted octanol–water partition coefficient (Wildman–Crippen LogP) is 5.72. The molecule has 3 atom stereocenters. The Hall–Kier alpha value is -3.05. The lowest BCUT2D eigenvalue weighted by atomic mass is 9.75. The Labute approximate surface area is 200 Å². The number of hydrogen-bond donors (Lipinski definition) is 0. The van der Waals surface area contributed by atoms with E-state index in [4.69, 9.17) is 5.10 Å². The number of likely N-dealkylation sites (tertiary alicyclic amines) is 1. The molecular weight excluding hydrogens is 428 g/mol. The Morgan fingerprint density at radius 1 is 0.882 bits per heavy atom. The van der Waals surface area contributed by atoms with Gasteiger partial charge < -0.3 is 4.90 Å². The third-order valence-electron chi connectivity index (χ3n) is 7.44. The fourth-order valence-corrected chi connectivity index (χ4v) is 5.58. The molecule has 0 N–H and O–H groups in total. The highest BCUT2D eigenvalue weighted by Gasteiger charge is 2.40. The van der Waals surface area contributed by atoms with Gasteiger partial charge >= 0.3 is 0 Å². The van der Waals surface area contributed by atoms with Gasteiger partial charge in [-0.3, -0.25) is 5.01 Å². The molecule has 0 saturated carbocycles. The molecule has 5 heteroatoms. The molecule has 0 bridgehead atoms. The van der Waals surface area contributed by atoms with E-state index >= 15 is 0 Å². The smallest absolute Gasteiger partial charge is 0.123 e. The third-order valence-corrected chi connectivity index (χ3v) is 7.44. The van der Waals surface area contributed by atoms with Crippen molar-refractivity contribution in [3.8, 4) is 0 Å². The minimum Gasteiger partial charge on any atom is -0.302 e. The van der Waals surface area contributed by atoms with Crippen LogP contribution in [0.4, 0.5) is 8.78 Å². The van der Waals surface area contributed by atoms with Crippen LogP contribution in [0.2, 0.25) is 0 Å². The predicted molar refractivity (Wildman–Crippen MR) is 133 cm³/mol. The molecule has 3 aromatic carbocycles. The molecule has 0 amide bonds. The highest BCUT2D eigenvalue weighted by atomic mass is 19.1. The number of benzene rings is 3. The molecule has 1 saturated heterocycles. The van der Waals surface area contributed by atoms with E-state index in [-0.39, 0.29) is 17.7 Å². The van der Waals surface area contributed by atoms with Crippen LogP contribution in [0.1, 0.15) is 35.4 Å². The van der Waals surface area contributed by atoms with Gasteiger partial charge in [-0.25, -0.2) is 8.78 Å². The first-order valence-electron chi connectivity index (χ1n) is 12.1. The SMILES string of the molecule is CN1N=C(c2ccc(F)cc2)CC1[C@@H]1CCN(CCc2ccccc2)C[C@H]1c1ccc(F)cc1. The van der Waals surface area contributed by atoms with Crippen LogP contribution in [0.25, 0.3) is 0 Å². The van der Waals surface area contributed by atoms with E-state index < -0.39 is 0 Å². The van der Waals surface area contributed by atoms with E-state index in [1.165, 1.54) is 23.3 Å². The minimum absolute atomic E-state index is 0.197. The summed E-state index contributed by atoms with van der Waals surface area (Å²) in [5.41, 5.74) is 4.54. The van der Waals surface area contributed by atoms with Crippen molar-refractivity contribution in [1.29, 1.82) is 0 Å². The van der Waals surface area contributed by atoms with Crippen LogP contribution in [0.15, 0.2) is 84.0 Å². The van der Waals surface area contributed by atoms with E-state index in [2.05, 4.69) is 40.2 Å². The molecule has 0 spiro atoms. The van der Waals surface area contributed by atoms with Crippen molar-refractivity contribution in [3.05, 3.63) is 107 Å². The second-order valence-electron chi connectivity index (χ2n) is 9.55. The molecule has 3 nitrogen and oxygen atoms in total. The Kier molecular flexibility index (Phi) is 6.73. The lowest BCUT2D eigenvalue weighted by molar-refractivity contribution is 0.0966. The maximum absolute atomic E-state index is 13.7. The molecule has 2 aliphatic rings. The number of rotatable bonds is 6. The number of hydrazone groups is 1. The summed E-state index contributed by atoms with van der Waals surface area (Å²) < 4.78 is 27.1. The zero-order valence-electron chi connectivity index (χ0n) is 19.6. The second-order valence-corrected chi connectivity index (χ2v) is 9.55. The highest BCUT2D eigenvalue weighted by Crippen LogP contribution is 2.39. The van der Waals surface area contributed by atoms with Gasteiger partial charge in [-0.2, -0.15) is 5.10 Å². The largest absolute Gasteiger partial charge is 0.302 e. The molecule has 2 aliphatic heterocycles. The molecule has 176 valence electrons. The van der Waals surface area contributed by atoms with Crippen molar-refractivity contribution < 1.29 is 8.78 Å². The van der Waals surface area contributed by atoms with Crippen LogP contribution in [0.3, 0.4) is 0 Å². The highest BCUT2D eigenvalue weighted by molar-refractivity contribution is 6.01. The summed E-state index contributed by atoms with van der Waals surface area (Å²) in [5, 5.41) is 6.93. The number of nitrogens with zero attached hydrogens (tertiary/aromatic N) is 3. The van der Waals surface area contributed by atoms with Gasteiger partial charge in [-0.05, 0) is 66.3 Å². The van der Waals surface area contributed by atoms with Crippen molar-refractivity contribution in [1.82, 2.24) is 9.91 Å². The number of piperidine rings is 1. The molecular formula is C29H31F2N3. The molecule has 1 unspecified atom stereocenters. The van der Waals surface area contributed by atoms with Crippen molar-refractivity contribution in [2.24, 2.45) is 11.0 Å². The third kappa shape index (κ3) is 5.05. The van der Waals surface area contributed by atoms with Gasteiger partial charge in [0.15, 0.2) is 0 Å². The van der Waals surface area contributed by atoms with E-state index in [0.29, 0.717) is 11.8 Å². The van der Waals surface area contributed by atoms with Gasteiger partial charge in [0, 0.05) is 32.5 Å². The van der Waals surface area contributed by atoms with E-state index in [9.17, 15) is 8.78 Å². The summed E-state index contributed by atoms with van der Waals surface area (Å²) in [4.78, 5) is 2.55. The van der Waals surface area contributed by atoms with Crippen molar-refractivity contribution in [3.63, 3.8) is 0 Å². The van der Waals surface area contributed by atoms with Crippen molar-refractivity contribution >= 4 is 5.71 Å². The topological polar surface area (TPSA) is 18.8 Å². The zero-order valence-corrected chi connectivity index (χ0v) is 19.6. The van der Waals surface area contributed by atoms with Gasteiger partial charge in [0.1, 0.15) is 11.6 Å².